The average Bonchev–Trinajstić information content (AvgIpc) is 3.31. The molecule has 9 heteroatoms. The van der Waals surface area contributed by atoms with Crippen molar-refractivity contribution in [2.24, 2.45) is 0 Å². The van der Waals surface area contributed by atoms with Crippen LogP contribution in [0, 0.1) is 0 Å². The zero-order valence-corrected chi connectivity index (χ0v) is 16.7. The topological polar surface area (TPSA) is 133 Å². The molecule has 1 atom stereocenters. The van der Waals surface area contributed by atoms with Crippen LogP contribution in [0.2, 0.25) is 0 Å². The summed E-state index contributed by atoms with van der Waals surface area (Å²) >= 11 is 0. The highest BCUT2D eigenvalue weighted by molar-refractivity contribution is 6.16. The molecule has 1 aliphatic rings. The number of ketones is 1. The van der Waals surface area contributed by atoms with Gasteiger partial charge in [0.1, 0.15) is 5.75 Å². The van der Waals surface area contributed by atoms with Gasteiger partial charge in [-0.05, 0) is 35.9 Å². The number of aliphatic hydroxyl groups excluding tert-OH is 1. The Kier molecular flexibility index (Phi) is 4.94. The monoisotopic (exact) mass is 421 g/mol. The van der Waals surface area contributed by atoms with E-state index in [2.05, 4.69) is 9.97 Å². The maximum absolute atomic E-state index is 13.0. The van der Waals surface area contributed by atoms with Crippen LogP contribution in [0.3, 0.4) is 0 Å². The lowest BCUT2D eigenvalue weighted by atomic mass is 9.95. The first-order valence-corrected chi connectivity index (χ1v) is 9.52. The van der Waals surface area contributed by atoms with Crippen molar-refractivity contribution in [2.75, 3.05) is 12.0 Å². The number of nitrogens with zero attached hydrogens (tertiary/aromatic N) is 2. The maximum Gasteiger partial charge on any atom is 0.335 e. The van der Waals surface area contributed by atoms with Gasteiger partial charge in [0.2, 0.25) is 5.95 Å². The van der Waals surface area contributed by atoms with Crippen molar-refractivity contribution in [2.45, 2.75) is 19.4 Å². The molecule has 1 amide bonds. The first-order chi connectivity index (χ1) is 14.8. The number of nitrogens with one attached hydrogen (secondary N) is 1. The third-order valence-corrected chi connectivity index (χ3v) is 5.21. The molecule has 0 fully saturated rings. The van der Waals surface area contributed by atoms with Crippen molar-refractivity contribution < 1.29 is 29.3 Å². The normalized spacial score (nSPS) is 16.3. The number of amides is 1. The fourth-order valence-electron chi connectivity index (χ4n) is 3.64. The molecule has 2 aromatic carbocycles. The second-order valence-electron chi connectivity index (χ2n) is 6.99. The number of aliphatic hydroxyl groups is 1. The molecule has 2 heterocycles. The van der Waals surface area contributed by atoms with Crippen LogP contribution in [-0.4, -0.2) is 45.0 Å². The largest absolute Gasteiger partial charge is 0.503 e. The van der Waals surface area contributed by atoms with Crippen LogP contribution in [-0.2, 0) is 9.59 Å². The summed E-state index contributed by atoms with van der Waals surface area (Å²) in [6.07, 6.45) is 0.106. The lowest BCUT2D eigenvalue weighted by molar-refractivity contribution is -0.118. The summed E-state index contributed by atoms with van der Waals surface area (Å²) in [6.45, 7) is 1.65. The fraction of sp³-hybridized carbons (Fsp3) is 0.182. The van der Waals surface area contributed by atoms with E-state index in [-0.39, 0.29) is 29.3 Å². The first kappa shape index (κ1) is 20.1. The summed E-state index contributed by atoms with van der Waals surface area (Å²) in [4.78, 5) is 45.4. The SMILES string of the molecule is CCC(=O)C1=C(O)C(=O)N(c2nc3ccc(C(=O)O)cc3[nH]2)C1c1ccc(OC)cc1. The van der Waals surface area contributed by atoms with E-state index in [1.165, 1.54) is 30.2 Å². The number of Topliss-reactive ketones (excluding diaryl/α,β-unsaturated/α-hetero) is 1. The lowest BCUT2D eigenvalue weighted by Gasteiger charge is -2.24. The summed E-state index contributed by atoms with van der Waals surface area (Å²) in [7, 11) is 1.53. The number of aromatic carboxylic acids is 1. The van der Waals surface area contributed by atoms with E-state index in [4.69, 9.17) is 4.74 Å². The molecule has 1 aromatic heterocycles. The van der Waals surface area contributed by atoms with Crippen molar-refractivity contribution in [3.63, 3.8) is 0 Å². The molecule has 0 aliphatic carbocycles. The third kappa shape index (κ3) is 3.29. The van der Waals surface area contributed by atoms with E-state index >= 15 is 0 Å². The van der Waals surface area contributed by atoms with Crippen molar-refractivity contribution in [3.8, 4) is 5.75 Å². The predicted octanol–water partition coefficient (Wildman–Crippen LogP) is 3.15. The minimum Gasteiger partial charge on any atom is -0.503 e. The first-order valence-electron chi connectivity index (χ1n) is 9.52. The van der Waals surface area contributed by atoms with Crippen molar-refractivity contribution in [3.05, 3.63) is 64.9 Å². The van der Waals surface area contributed by atoms with Crippen LogP contribution in [0.25, 0.3) is 11.0 Å². The number of H-pyrrole nitrogens is 1. The van der Waals surface area contributed by atoms with Gasteiger partial charge in [0.05, 0.1) is 35.3 Å². The number of benzene rings is 2. The van der Waals surface area contributed by atoms with Gasteiger partial charge < -0.3 is 19.9 Å². The molecule has 0 bridgehead atoms. The lowest BCUT2D eigenvalue weighted by Crippen LogP contribution is -2.31. The summed E-state index contributed by atoms with van der Waals surface area (Å²) in [5, 5.41) is 19.7. The summed E-state index contributed by atoms with van der Waals surface area (Å²) < 4.78 is 5.18. The number of hydrogen-bond donors (Lipinski definition) is 3. The predicted molar refractivity (Wildman–Crippen MR) is 111 cm³/mol. The average molecular weight is 421 g/mol. The molecule has 9 nitrogen and oxygen atoms in total. The van der Waals surface area contributed by atoms with E-state index in [1.807, 2.05) is 0 Å². The Morgan fingerprint density at radius 2 is 1.90 bits per heavy atom. The van der Waals surface area contributed by atoms with Crippen molar-refractivity contribution >= 4 is 34.6 Å². The van der Waals surface area contributed by atoms with Crippen LogP contribution < -0.4 is 9.64 Å². The number of anilines is 1. The van der Waals surface area contributed by atoms with Crippen LogP contribution in [0.1, 0.15) is 35.3 Å². The molecule has 4 rings (SSSR count). The molecule has 0 saturated carbocycles. The third-order valence-electron chi connectivity index (χ3n) is 5.21. The Balaban J connectivity index is 1.86. The van der Waals surface area contributed by atoms with E-state index in [9.17, 15) is 24.6 Å². The highest BCUT2D eigenvalue weighted by atomic mass is 16.5. The molecule has 0 spiro atoms. The van der Waals surface area contributed by atoms with Crippen LogP contribution in [0.15, 0.2) is 53.8 Å². The van der Waals surface area contributed by atoms with Gasteiger partial charge in [0.15, 0.2) is 11.5 Å². The van der Waals surface area contributed by atoms with Gasteiger partial charge in [-0.3, -0.25) is 14.5 Å². The highest BCUT2D eigenvalue weighted by Gasteiger charge is 2.45. The molecule has 0 radical (unpaired) electrons. The number of ether oxygens (including phenoxy) is 1. The standard InChI is InChI=1S/C22H19N3O6/c1-3-16(26)17-18(11-4-7-13(31-2)8-5-11)25(20(28)19(17)27)22-23-14-9-6-12(21(29)30)10-15(14)24-22/h4-10,18,27H,3H2,1-2H3,(H,23,24)(H,29,30). The van der Waals surface area contributed by atoms with E-state index in [0.717, 1.165) is 0 Å². The summed E-state index contributed by atoms with van der Waals surface area (Å²) in [5.41, 5.74) is 1.48. The Bertz CT molecular complexity index is 1240. The second-order valence-corrected chi connectivity index (χ2v) is 6.99. The number of rotatable bonds is 6. The molecule has 158 valence electrons. The number of carbonyl (C=O) groups is 3. The number of aromatic nitrogens is 2. The van der Waals surface area contributed by atoms with E-state index in [1.54, 1.807) is 31.2 Å². The van der Waals surface area contributed by atoms with Gasteiger partial charge in [0, 0.05) is 6.42 Å². The van der Waals surface area contributed by atoms with Crippen LogP contribution in [0.5, 0.6) is 5.75 Å². The Labute approximate surface area is 176 Å². The maximum atomic E-state index is 13.0. The number of aromatic amines is 1. The number of carbonyl (C=O) groups excluding carboxylic acids is 2. The number of carboxylic acids is 1. The number of imidazole rings is 1. The van der Waals surface area contributed by atoms with Gasteiger partial charge in [-0.1, -0.05) is 19.1 Å². The van der Waals surface area contributed by atoms with Crippen LogP contribution >= 0.6 is 0 Å². The molecule has 31 heavy (non-hydrogen) atoms. The molecule has 3 aromatic rings. The second kappa shape index (κ2) is 7.60. The Morgan fingerprint density at radius 3 is 2.52 bits per heavy atom. The molecule has 1 unspecified atom stereocenters. The zero-order valence-electron chi connectivity index (χ0n) is 16.7. The van der Waals surface area contributed by atoms with Gasteiger partial charge in [-0.2, -0.15) is 0 Å². The van der Waals surface area contributed by atoms with Crippen molar-refractivity contribution in [1.82, 2.24) is 9.97 Å². The highest BCUT2D eigenvalue weighted by Crippen LogP contribution is 2.41. The van der Waals surface area contributed by atoms with Crippen molar-refractivity contribution in [1.29, 1.82) is 0 Å². The molecular weight excluding hydrogens is 402 g/mol. The minimum atomic E-state index is -1.10. The molecule has 0 saturated heterocycles. The minimum absolute atomic E-state index is 0.00986. The number of carboxylic acid groups (broad SMARTS) is 1. The summed E-state index contributed by atoms with van der Waals surface area (Å²) in [5.74, 6) is -2.16. The van der Waals surface area contributed by atoms with E-state index in [0.29, 0.717) is 22.3 Å². The Morgan fingerprint density at radius 1 is 1.19 bits per heavy atom. The zero-order chi connectivity index (χ0) is 22.3. The van der Waals surface area contributed by atoms with Gasteiger partial charge in [-0.15, -0.1) is 0 Å². The number of hydrogen-bond acceptors (Lipinski definition) is 6. The molecular formula is C22H19N3O6. The van der Waals surface area contributed by atoms with Gasteiger partial charge in [-0.25, -0.2) is 9.78 Å². The van der Waals surface area contributed by atoms with Gasteiger partial charge in [0.25, 0.3) is 5.91 Å². The fourth-order valence-corrected chi connectivity index (χ4v) is 3.64. The smallest absolute Gasteiger partial charge is 0.335 e. The number of methoxy groups -OCH3 is 1. The molecule has 3 N–H and O–H groups in total. The summed E-state index contributed by atoms with van der Waals surface area (Å²) in [6, 6.07) is 10.2. The molecule has 1 aliphatic heterocycles. The van der Waals surface area contributed by atoms with Crippen LogP contribution in [0.4, 0.5) is 5.95 Å². The van der Waals surface area contributed by atoms with E-state index < -0.39 is 23.7 Å². The quantitative estimate of drug-likeness (QED) is 0.557. The van der Waals surface area contributed by atoms with Gasteiger partial charge >= 0.3 is 5.97 Å². The number of fused-ring (bicyclic) bond motifs is 1. The Hall–Kier alpha value is -4.14.